The van der Waals surface area contributed by atoms with Gasteiger partial charge < -0.3 is 15.4 Å². The van der Waals surface area contributed by atoms with Crippen LogP contribution in [0.15, 0.2) is 41.6 Å². The Kier molecular flexibility index (Phi) is 5.71. The monoisotopic (exact) mass is 343 g/mol. The molecular formula is C19H25N3O3. The van der Waals surface area contributed by atoms with Gasteiger partial charge in [-0.15, -0.1) is 0 Å². The van der Waals surface area contributed by atoms with Crippen LogP contribution in [0.25, 0.3) is 0 Å². The number of amides is 2. The number of piperidine rings is 1. The van der Waals surface area contributed by atoms with Gasteiger partial charge >= 0.3 is 12.0 Å². The Balaban J connectivity index is 1.67. The van der Waals surface area contributed by atoms with Crippen LogP contribution in [0.4, 0.5) is 4.79 Å². The van der Waals surface area contributed by atoms with Crippen molar-refractivity contribution in [1.82, 2.24) is 15.5 Å². The van der Waals surface area contributed by atoms with E-state index in [-0.39, 0.29) is 12.0 Å². The van der Waals surface area contributed by atoms with Crippen molar-refractivity contribution in [2.24, 2.45) is 0 Å². The van der Waals surface area contributed by atoms with Crippen LogP contribution in [0, 0.1) is 0 Å². The molecule has 134 valence electrons. The third-order valence-corrected chi connectivity index (χ3v) is 4.71. The summed E-state index contributed by atoms with van der Waals surface area (Å²) in [4.78, 5) is 26.8. The SMILES string of the molecule is CC1=C(C(=O)OCCN2CCCCC2)C(c2ccccc2)NC(=O)N1. The first-order chi connectivity index (χ1) is 12.1. The molecule has 0 radical (unpaired) electrons. The molecule has 1 fully saturated rings. The Morgan fingerprint density at radius 3 is 2.64 bits per heavy atom. The van der Waals surface area contributed by atoms with Crippen molar-refractivity contribution >= 4 is 12.0 Å². The molecule has 0 spiro atoms. The van der Waals surface area contributed by atoms with E-state index in [1.165, 1.54) is 19.3 Å². The number of rotatable bonds is 5. The van der Waals surface area contributed by atoms with Crippen LogP contribution < -0.4 is 10.6 Å². The number of ether oxygens (including phenoxy) is 1. The Hall–Kier alpha value is -2.34. The molecule has 6 nitrogen and oxygen atoms in total. The van der Waals surface area contributed by atoms with E-state index >= 15 is 0 Å². The summed E-state index contributed by atoms with van der Waals surface area (Å²) in [5.74, 6) is -0.379. The lowest BCUT2D eigenvalue weighted by molar-refractivity contribution is -0.140. The number of carbonyl (C=O) groups is 2. The summed E-state index contributed by atoms with van der Waals surface area (Å²) in [6, 6.07) is 8.67. The zero-order chi connectivity index (χ0) is 17.6. The molecule has 2 N–H and O–H groups in total. The van der Waals surface area contributed by atoms with Crippen molar-refractivity contribution < 1.29 is 14.3 Å². The van der Waals surface area contributed by atoms with Crippen LogP contribution >= 0.6 is 0 Å². The molecule has 2 amide bonds. The van der Waals surface area contributed by atoms with Crippen LogP contribution in [0.5, 0.6) is 0 Å². The maximum Gasteiger partial charge on any atom is 0.338 e. The number of likely N-dealkylation sites (tertiary alicyclic amines) is 1. The fourth-order valence-corrected chi connectivity index (χ4v) is 3.39. The zero-order valence-electron chi connectivity index (χ0n) is 14.6. The number of esters is 1. The lowest BCUT2D eigenvalue weighted by atomic mass is 9.96. The molecule has 1 aromatic carbocycles. The molecule has 1 unspecified atom stereocenters. The number of allylic oxidation sites excluding steroid dienone is 1. The predicted molar refractivity (Wildman–Crippen MR) is 94.8 cm³/mol. The lowest BCUT2D eigenvalue weighted by Gasteiger charge is -2.29. The minimum Gasteiger partial charge on any atom is -0.461 e. The first-order valence-electron chi connectivity index (χ1n) is 8.88. The maximum absolute atomic E-state index is 12.7. The molecule has 6 heteroatoms. The van der Waals surface area contributed by atoms with Gasteiger partial charge in [-0.1, -0.05) is 36.8 Å². The Bertz CT molecular complexity index is 651. The van der Waals surface area contributed by atoms with Gasteiger partial charge in [0.15, 0.2) is 0 Å². The molecule has 0 aromatic heterocycles. The lowest BCUT2D eigenvalue weighted by Crippen LogP contribution is -2.45. The van der Waals surface area contributed by atoms with Gasteiger partial charge in [-0.05, 0) is 38.4 Å². The molecule has 1 saturated heterocycles. The molecular weight excluding hydrogens is 318 g/mol. The number of benzene rings is 1. The van der Waals surface area contributed by atoms with Crippen molar-refractivity contribution in [2.75, 3.05) is 26.2 Å². The average molecular weight is 343 g/mol. The number of nitrogens with zero attached hydrogens (tertiary/aromatic N) is 1. The number of hydrogen-bond acceptors (Lipinski definition) is 4. The van der Waals surface area contributed by atoms with Crippen molar-refractivity contribution in [3.05, 3.63) is 47.2 Å². The van der Waals surface area contributed by atoms with Gasteiger partial charge in [0, 0.05) is 12.2 Å². The van der Waals surface area contributed by atoms with Gasteiger partial charge in [0.1, 0.15) is 6.61 Å². The van der Waals surface area contributed by atoms with E-state index < -0.39 is 6.04 Å². The molecule has 1 atom stereocenters. The molecule has 2 aliphatic rings. The van der Waals surface area contributed by atoms with Gasteiger partial charge in [-0.3, -0.25) is 4.90 Å². The summed E-state index contributed by atoms with van der Waals surface area (Å²) >= 11 is 0. The molecule has 2 heterocycles. The van der Waals surface area contributed by atoms with Crippen molar-refractivity contribution in [3.8, 4) is 0 Å². The summed E-state index contributed by atoms with van der Waals surface area (Å²) in [6.45, 7) is 5.00. The smallest absolute Gasteiger partial charge is 0.338 e. The van der Waals surface area contributed by atoms with Gasteiger partial charge in [0.05, 0.1) is 11.6 Å². The third kappa shape index (κ3) is 4.39. The summed E-state index contributed by atoms with van der Waals surface area (Å²) in [5.41, 5.74) is 1.87. The van der Waals surface area contributed by atoms with Crippen molar-refractivity contribution in [3.63, 3.8) is 0 Å². The van der Waals surface area contributed by atoms with E-state index in [1.807, 2.05) is 30.3 Å². The maximum atomic E-state index is 12.7. The minimum atomic E-state index is -0.488. The Labute approximate surface area is 148 Å². The molecule has 0 saturated carbocycles. The third-order valence-electron chi connectivity index (χ3n) is 4.71. The Morgan fingerprint density at radius 1 is 1.20 bits per heavy atom. The summed E-state index contributed by atoms with van der Waals surface area (Å²) in [7, 11) is 0. The average Bonchev–Trinajstić information content (AvgIpc) is 2.62. The van der Waals surface area contributed by atoms with Gasteiger partial charge in [0.25, 0.3) is 0 Å². The second kappa shape index (κ2) is 8.16. The highest BCUT2D eigenvalue weighted by molar-refractivity contribution is 5.95. The van der Waals surface area contributed by atoms with E-state index in [1.54, 1.807) is 6.92 Å². The molecule has 0 bridgehead atoms. The first-order valence-corrected chi connectivity index (χ1v) is 8.88. The summed E-state index contributed by atoms with van der Waals surface area (Å²) in [6.07, 6.45) is 3.71. The van der Waals surface area contributed by atoms with Crippen LogP contribution in [0.3, 0.4) is 0 Å². The van der Waals surface area contributed by atoms with Crippen LogP contribution in [-0.4, -0.2) is 43.1 Å². The van der Waals surface area contributed by atoms with Crippen molar-refractivity contribution in [1.29, 1.82) is 0 Å². The molecule has 2 aliphatic heterocycles. The second-order valence-corrected chi connectivity index (χ2v) is 6.52. The molecule has 1 aromatic rings. The molecule has 3 rings (SSSR count). The van der Waals surface area contributed by atoms with E-state index in [0.29, 0.717) is 17.9 Å². The largest absolute Gasteiger partial charge is 0.461 e. The van der Waals surface area contributed by atoms with Gasteiger partial charge in [-0.2, -0.15) is 0 Å². The highest BCUT2D eigenvalue weighted by atomic mass is 16.5. The highest BCUT2D eigenvalue weighted by Crippen LogP contribution is 2.27. The quantitative estimate of drug-likeness (QED) is 0.805. The highest BCUT2D eigenvalue weighted by Gasteiger charge is 2.32. The molecule has 0 aliphatic carbocycles. The van der Waals surface area contributed by atoms with Crippen LogP contribution in [0.1, 0.15) is 37.8 Å². The predicted octanol–water partition coefficient (Wildman–Crippen LogP) is 2.34. The number of nitrogens with one attached hydrogen (secondary N) is 2. The normalized spacial score (nSPS) is 21.5. The second-order valence-electron chi connectivity index (χ2n) is 6.52. The van der Waals surface area contributed by atoms with E-state index in [9.17, 15) is 9.59 Å². The van der Waals surface area contributed by atoms with Crippen LogP contribution in [-0.2, 0) is 9.53 Å². The van der Waals surface area contributed by atoms with E-state index in [2.05, 4.69) is 15.5 Å². The molecule has 25 heavy (non-hydrogen) atoms. The van der Waals surface area contributed by atoms with E-state index in [0.717, 1.165) is 25.2 Å². The summed E-state index contributed by atoms with van der Waals surface area (Å²) < 4.78 is 5.51. The summed E-state index contributed by atoms with van der Waals surface area (Å²) in [5, 5.41) is 5.48. The van der Waals surface area contributed by atoms with Crippen molar-refractivity contribution in [2.45, 2.75) is 32.2 Å². The standard InChI is InChI=1S/C19H25N3O3/c1-14-16(18(23)25-13-12-22-10-6-3-7-11-22)17(21-19(24)20-14)15-8-4-2-5-9-15/h2,4-5,8-9,17H,3,6-7,10-13H2,1H3,(H2,20,21,24). The number of hydrogen-bond donors (Lipinski definition) is 2. The van der Waals surface area contributed by atoms with Crippen LogP contribution in [0.2, 0.25) is 0 Å². The number of urea groups is 1. The zero-order valence-corrected chi connectivity index (χ0v) is 14.6. The fourth-order valence-electron chi connectivity index (χ4n) is 3.39. The fraction of sp³-hybridized carbons (Fsp3) is 0.474. The van der Waals surface area contributed by atoms with Gasteiger partial charge in [-0.25, -0.2) is 9.59 Å². The number of carbonyl (C=O) groups excluding carboxylic acids is 2. The minimum absolute atomic E-state index is 0.309. The Morgan fingerprint density at radius 2 is 1.92 bits per heavy atom. The van der Waals surface area contributed by atoms with Gasteiger partial charge in [0.2, 0.25) is 0 Å². The van der Waals surface area contributed by atoms with E-state index in [4.69, 9.17) is 4.74 Å². The first kappa shape index (κ1) is 17.5. The topological polar surface area (TPSA) is 70.7 Å².